The van der Waals surface area contributed by atoms with Crippen molar-refractivity contribution < 1.29 is 4.79 Å². The van der Waals surface area contributed by atoms with Gasteiger partial charge in [0.15, 0.2) is 0 Å². The normalized spacial score (nSPS) is 24.4. The van der Waals surface area contributed by atoms with Crippen LogP contribution in [0.4, 0.5) is 0 Å². The number of hydrogen-bond acceptors (Lipinski definition) is 4. The summed E-state index contributed by atoms with van der Waals surface area (Å²) in [5.41, 5.74) is 1.35. The smallest absolute Gasteiger partial charge is 0.245 e. The third-order valence-corrected chi connectivity index (χ3v) is 6.20. The Hall–Kier alpha value is -0.910. The van der Waals surface area contributed by atoms with Crippen molar-refractivity contribution in [1.29, 1.82) is 0 Å². The maximum absolute atomic E-state index is 12.9. The van der Waals surface area contributed by atoms with E-state index in [9.17, 15) is 4.79 Å². The molecule has 0 bridgehead atoms. The first-order valence-electron chi connectivity index (χ1n) is 8.47. The van der Waals surface area contributed by atoms with E-state index in [-0.39, 0.29) is 11.9 Å². The predicted molar refractivity (Wildman–Crippen MR) is 91.2 cm³/mol. The summed E-state index contributed by atoms with van der Waals surface area (Å²) in [5, 5.41) is 5.34. The molecule has 122 valence electrons. The number of likely N-dealkylation sites (N-methyl/N-ethyl adjacent to an activating group) is 1. The van der Waals surface area contributed by atoms with Gasteiger partial charge in [0, 0.05) is 18.0 Å². The van der Waals surface area contributed by atoms with Gasteiger partial charge in [0.1, 0.15) is 6.04 Å². The second kappa shape index (κ2) is 7.11. The van der Waals surface area contributed by atoms with Crippen LogP contribution >= 0.6 is 11.3 Å². The molecule has 1 N–H and O–H groups in total. The number of likely N-dealkylation sites (tertiary alicyclic amines) is 1. The molecular weight excluding hydrogens is 294 g/mol. The van der Waals surface area contributed by atoms with E-state index in [1.54, 1.807) is 11.3 Å². The lowest BCUT2D eigenvalue weighted by Gasteiger charge is -2.34. The fraction of sp³-hybridized carbons (Fsp3) is 0.706. The van der Waals surface area contributed by atoms with Crippen molar-refractivity contribution in [3.63, 3.8) is 0 Å². The van der Waals surface area contributed by atoms with E-state index in [4.69, 9.17) is 0 Å². The first kappa shape index (κ1) is 16.0. The van der Waals surface area contributed by atoms with Gasteiger partial charge in [0.05, 0.1) is 0 Å². The fourth-order valence-electron chi connectivity index (χ4n) is 3.70. The van der Waals surface area contributed by atoms with Crippen LogP contribution in [-0.4, -0.2) is 55.5 Å². The summed E-state index contributed by atoms with van der Waals surface area (Å²) in [7, 11) is 1.90. The van der Waals surface area contributed by atoms with Gasteiger partial charge in [0.25, 0.3) is 0 Å². The second-order valence-corrected chi connectivity index (χ2v) is 7.39. The van der Waals surface area contributed by atoms with E-state index in [1.165, 1.54) is 36.4 Å². The molecule has 0 aliphatic carbocycles. The second-order valence-electron chi connectivity index (χ2n) is 6.44. The van der Waals surface area contributed by atoms with Crippen LogP contribution in [0.1, 0.15) is 36.2 Å². The molecule has 3 heterocycles. The number of carbonyl (C=O) groups excluding carboxylic acids is 1. The molecule has 5 heteroatoms. The van der Waals surface area contributed by atoms with Crippen LogP contribution < -0.4 is 5.32 Å². The van der Waals surface area contributed by atoms with Gasteiger partial charge in [-0.25, -0.2) is 0 Å². The van der Waals surface area contributed by atoms with Gasteiger partial charge >= 0.3 is 0 Å². The Morgan fingerprint density at radius 2 is 2.09 bits per heavy atom. The van der Waals surface area contributed by atoms with E-state index in [2.05, 4.69) is 33.5 Å². The number of carbonyl (C=O) groups is 1. The largest absolute Gasteiger partial charge is 0.340 e. The van der Waals surface area contributed by atoms with Crippen LogP contribution in [0.5, 0.6) is 0 Å². The van der Waals surface area contributed by atoms with Gasteiger partial charge in [-0.1, -0.05) is 6.92 Å². The van der Waals surface area contributed by atoms with Crippen LogP contribution in [0.15, 0.2) is 11.4 Å². The third-order valence-electron chi connectivity index (χ3n) is 5.17. The van der Waals surface area contributed by atoms with Crippen LogP contribution in [0, 0.1) is 5.92 Å². The fourth-order valence-corrected chi connectivity index (χ4v) is 4.76. The average molecular weight is 321 g/mol. The quantitative estimate of drug-likeness (QED) is 0.923. The zero-order valence-electron chi connectivity index (χ0n) is 13.7. The predicted octanol–water partition coefficient (Wildman–Crippen LogP) is 2.13. The van der Waals surface area contributed by atoms with Crippen molar-refractivity contribution in [2.75, 3.05) is 39.8 Å². The molecule has 1 unspecified atom stereocenters. The zero-order valence-corrected chi connectivity index (χ0v) is 14.5. The van der Waals surface area contributed by atoms with E-state index >= 15 is 0 Å². The Morgan fingerprint density at radius 3 is 2.77 bits per heavy atom. The van der Waals surface area contributed by atoms with E-state index in [0.717, 1.165) is 26.1 Å². The summed E-state index contributed by atoms with van der Waals surface area (Å²) in [6, 6.07) is 2.04. The molecule has 2 aliphatic rings. The molecule has 1 aromatic rings. The van der Waals surface area contributed by atoms with Crippen molar-refractivity contribution >= 4 is 17.2 Å². The van der Waals surface area contributed by atoms with Crippen molar-refractivity contribution in [3.8, 4) is 0 Å². The highest BCUT2D eigenvalue weighted by Crippen LogP contribution is 2.30. The number of fused-ring (bicyclic) bond motifs is 1. The molecule has 1 amide bonds. The van der Waals surface area contributed by atoms with Crippen LogP contribution in [0.3, 0.4) is 0 Å². The third kappa shape index (κ3) is 3.21. The van der Waals surface area contributed by atoms with Gasteiger partial charge in [-0.3, -0.25) is 4.79 Å². The van der Waals surface area contributed by atoms with Gasteiger partial charge < -0.3 is 15.1 Å². The van der Waals surface area contributed by atoms with Crippen molar-refractivity contribution in [2.24, 2.45) is 5.92 Å². The summed E-state index contributed by atoms with van der Waals surface area (Å²) < 4.78 is 0. The van der Waals surface area contributed by atoms with Crippen molar-refractivity contribution in [1.82, 2.24) is 15.1 Å². The highest BCUT2D eigenvalue weighted by atomic mass is 32.1. The van der Waals surface area contributed by atoms with Crippen molar-refractivity contribution in [2.45, 2.75) is 32.2 Å². The van der Waals surface area contributed by atoms with Crippen LogP contribution in [0.2, 0.25) is 0 Å². The Bertz CT molecular complexity index is 508. The van der Waals surface area contributed by atoms with Gasteiger partial charge in [0.2, 0.25) is 5.91 Å². The molecule has 1 atom stereocenters. The summed E-state index contributed by atoms with van der Waals surface area (Å²) >= 11 is 1.71. The highest BCUT2D eigenvalue weighted by Gasteiger charge is 2.32. The molecule has 2 aliphatic heterocycles. The number of nitrogens with one attached hydrogen (secondary N) is 1. The number of nitrogens with zero attached hydrogens (tertiary/aromatic N) is 2. The summed E-state index contributed by atoms with van der Waals surface area (Å²) in [5.74, 6) is 0.932. The van der Waals surface area contributed by atoms with Gasteiger partial charge in [-0.2, -0.15) is 0 Å². The Labute approximate surface area is 137 Å². The Balaban J connectivity index is 1.65. The van der Waals surface area contributed by atoms with Gasteiger partial charge in [-0.05, 0) is 68.9 Å². The Morgan fingerprint density at radius 1 is 1.32 bits per heavy atom. The average Bonchev–Trinajstić information content (AvgIpc) is 2.96. The zero-order chi connectivity index (χ0) is 15.5. The molecule has 1 saturated heterocycles. The lowest BCUT2D eigenvalue weighted by Crippen LogP contribution is -2.44. The molecule has 1 fully saturated rings. The number of rotatable bonds is 4. The molecule has 0 radical (unpaired) electrons. The lowest BCUT2D eigenvalue weighted by molar-refractivity contribution is -0.134. The monoisotopic (exact) mass is 321 g/mol. The number of hydrogen-bond donors (Lipinski definition) is 1. The number of amides is 1. The first-order valence-corrected chi connectivity index (χ1v) is 9.35. The summed E-state index contributed by atoms with van der Waals surface area (Å²) in [4.78, 5) is 18.7. The van der Waals surface area contributed by atoms with E-state index in [0.29, 0.717) is 5.92 Å². The molecule has 0 spiro atoms. The van der Waals surface area contributed by atoms with Crippen molar-refractivity contribution in [3.05, 3.63) is 21.9 Å². The summed E-state index contributed by atoms with van der Waals surface area (Å²) in [6.07, 6.45) is 3.45. The minimum atomic E-state index is -0.145. The molecule has 0 saturated carbocycles. The van der Waals surface area contributed by atoms with E-state index in [1.807, 2.05) is 7.05 Å². The molecule has 4 nitrogen and oxygen atoms in total. The maximum Gasteiger partial charge on any atom is 0.245 e. The Kier molecular flexibility index (Phi) is 5.16. The number of thiophene rings is 1. The molecule has 0 aromatic carbocycles. The first-order chi connectivity index (χ1) is 10.7. The van der Waals surface area contributed by atoms with Crippen LogP contribution in [-0.2, 0) is 11.2 Å². The standard InChI is InChI=1S/C17H27N3OS/c1-3-19-8-4-13(5-9-19)12-20-10-6-14-7-11-22-16(14)15(18-2)17(20)21/h7,11,13,15,18H,3-6,8-10,12H2,1-2H3. The maximum atomic E-state index is 12.9. The van der Waals surface area contributed by atoms with E-state index < -0.39 is 0 Å². The molecule has 3 rings (SSSR count). The molecule has 1 aromatic heterocycles. The minimum Gasteiger partial charge on any atom is -0.340 e. The van der Waals surface area contributed by atoms with Gasteiger partial charge in [-0.15, -0.1) is 11.3 Å². The number of piperidine rings is 1. The molecule has 22 heavy (non-hydrogen) atoms. The van der Waals surface area contributed by atoms with Crippen LogP contribution in [0.25, 0.3) is 0 Å². The SMILES string of the molecule is CCN1CCC(CN2CCc3ccsc3C(NC)C2=O)CC1. The minimum absolute atomic E-state index is 0.145. The molecular formula is C17H27N3OS. The highest BCUT2D eigenvalue weighted by molar-refractivity contribution is 7.10. The lowest BCUT2D eigenvalue weighted by atomic mass is 9.96. The summed E-state index contributed by atoms with van der Waals surface area (Å²) in [6.45, 7) is 7.56. The topological polar surface area (TPSA) is 35.6 Å².